The van der Waals surface area contributed by atoms with Crippen molar-refractivity contribution in [3.63, 3.8) is 0 Å². The third kappa shape index (κ3) is 6.11. The van der Waals surface area contributed by atoms with E-state index in [0.717, 1.165) is 6.42 Å². The average Bonchev–Trinajstić information content (AvgIpc) is 2.13. The number of hydrogen-bond donors (Lipinski definition) is 0. The second-order valence-electron chi connectivity index (χ2n) is 4.56. The van der Waals surface area contributed by atoms with Gasteiger partial charge in [0.1, 0.15) is 6.61 Å². The lowest BCUT2D eigenvalue weighted by atomic mass is 9.88. The lowest BCUT2D eigenvalue weighted by molar-refractivity contribution is -0.150. The van der Waals surface area contributed by atoms with Gasteiger partial charge in [-0.3, -0.25) is 4.79 Å². The van der Waals surface area contributed by atoms with E-state index in [4.69, 9.17) is 10.00 Å². The average molecular weight is 211 g/mol. The molecule has 0 bridgehead atoms. The summed E-state index contributed by atoms with van der Waals surface area (Å²) in [6, 6.07) is 1.95. The van der Waals surface area contributed by atoms with E-state index in [1.807, 2.05) is 19.9 Å². The molecule has 0 spiro atoms. The van der Waals surface area contributed by atoms with Crippen LogP contribution in [-0.4, -0.2) is 12.6 Å². The molecule has 0 aromatic carbocycles. The summed E-state index contributed by atoms with van der Waals surface area (Å²) in [6.45, 7) is 8.46. The molecule has 3 nitrogen and oxygen atoms in total. The lowest BCUT2D eigenvalue weighted by Gasteiger charge is -2.20. The van der Waals surface area contributed by atoms with Gasteiger partial charge in [-0.25, -0.2) is 0 Å². The van der Waals surface area contributed by atoms with Crippen molar-refractivity contribution in [3.05, 3.63) is 0 Å². The van der Waals surface area contributed by atoms with Gasteiger partial charge in [0.15, 0.2) is 0 Å². The zero-order valence-corrected chi connectivity index (χ0v) is 10.1. The van der Waals surface area contributed by atoms with Crippen LogP contribution in [0.5, 0.6) is 0 Å². The van der Waals surface area contributed by atoms with Crippen LogP contribution in [0, 0.1) is 29.1 Å². The van der Waals surface area contributed by atoms with Crippen molar-refractivity contribution in [1.29, 1.82) is 5.26 Å². The number of carbonyl (C=O) groups excluding carboxylic acids is 1. The molecule has 0 aliphatic heterocycles. The molecule has 0 amide bonds. The smallest absolute Gasteiger partial charge is 0.309 e. The zero-order valence-electron chi connectivity index (χ0n) is 10.1. The van der Waals surface area contributed by atoms with Crippen LogP contribution < -0.4 is 0 Å². The van der Waals surface area contributed by atoms with Gasteiger partial charge >= 0.3 is 5.97 Å². The van der Waals surface area contributed by atoms with Crippen molar-refractivity contribution in [2.45, 2.75) is 40.5 Å². The molecule has 0 heterocycles. The first-order valence-electron chi connectivity index (χ1n) is 5.52. The second kappa shape index (κ2) is 7.28. The van der Waals surface area contributed by atoms with Crippen LogP contribution in [0.15, 0.2) is 0 Å². The van der Waals surface area contributed by atoms with E-state index in [0.29, 0.717) is 11.8 Å². The van der Waals surface area contributed by atoms with Crippen molar-refractivity contribution >= 4 is 5.97 Å². The largest absolute Gasteiger partial charge is 0.464 e. The zero-order chi connectivity index (χ0) is 11.8. The Kier molecular flexibility index (Phi) is 6.77. The molecule has 1 atom stereocenters. The molecule has 86 valence electrons. The van der Waals surface area contributed by atoms with E-state index in [9.17, 15) is 4.79 Å². The van der Waals surface area contributed by atoms with Crippen LogP contribution in [0.3, 0.4) is 0 Å². The van der Waals surface area contributed by atoms with Crippen molar-refractivity contribution in [2.24, 2.45) is 17.8 Å². The van der Waals surface area contributed by atoms with Crippen molar-refractivity contribution < 1.29 is 9.53 Å². The number of nitrogens with zero attached hydrogens (tertiary/aromatic N) is 1. The highest BCUT2D eigenvalue weighted by Crippen LogP contribution is 2.21. The van der Waals surface area contributed by atoms with Gasteiger partial charge < -0.3 is 4.74 Å². The highest BCUT2D eigenvalue weighted by atomic mass is 16.5. The summed E-state index contributed by atoms with van der Waals surface area (Å²) in [5.74, 6) is 0.584. The fourth-order valence-electron chi connectivity index (χ4n) is 1.45. The summed E-state index contributed by atoms with van der Waals surface area (Å²) in [5, 5.41) is 8.33. The molecule has 1 unspecified atom stereocenters. The molecule has 0 saturated heterocycles. The Hall–Kier alpha value is -1.04. The number of ether oxygens (including phenoxy) is 1. The molecule has 0 aliphatic carbocycles. The molecule has 0 rings (SSSR count). The molecule has 0 saturated carbocycles. The molecule has 3 heteroatoms. The summed E-state index contributed by atoms with van der Waals surface area (Å²) < 4.78 is 5.05. The Morgan fingerprint density at radius 3 is 2.33 bits per heavy atom. The van der Waals surface area contributed by atoms with Gasteiger partial charge in [-0.15, -0.1) is 0 Å². The van der Waals surface area contributed by atoms with E-state index in [2.05, 4.69) is 13.8 Å². The van der Waals surface area contributed by atoms with Crippen LogP contribution in [0.25, 0.3) is 0 Å². The highest BCUT2D eigenvalue weighted by molar-refractivity contribution is 5.72. The number of carbonyl (C=O) groups is 1. The number of nitriles is 1. The molecule has 0 fully saturated rings. The summed E-state index contributed by atoms with van der Waals surface area (Å²) in [7, 11) is 0. The topological polar surface area (TPSA) is 50.1 Å². The van der Waals surface area contributed by atoms with Gasteiger partial charge in [0, 0.05) is 0 Å². The Bertz CT molecular complexity index is 228. The second-order valence-corrected chi connectivity index (χ2v) is 4.56. The standard InChI is InChI=1S/C12H21NO2/c1-9(2)8-11(10(3)4)12(14)15-7-5-6-13/h9-11H,5,7-8H2,1-4H3. The molecular weight excluding hydrogens is 190 g/mol. The molecule has 0 aromatic heterocycles. The molecule has 0 aliphatic rings. The monoisotopic (exact) mass is 211 g/mol. The summed E-state index contributed by atoms with van der Waals surface area (Å²) in [5.41, 5.74) is 0. The van der Waals surface area contributed by atoms with Crippen LogP contribution in [0.2, 0.25) is 0 Å². The van der Waals surface area contributed by atoms with Crippen LogP contribution in [0.1, 0.15) is 40.5 Å². The van der Waals surface area contributed by atoms with Crippen LogP contribution >= 0.6 is 0 Å². The maximum atomic E-state index is 11.7. The third-order valence-corrected chi connectivity index (χ3v) is 2.29. The predicted molar refractivity (Wildman–Crippen MR) is 59.0 cm³/mol. The minimum absolute atomic E-state index is 0.0382. The molecule has 0 radical (unpaired) electrons. The first-order valence-corrected chi connectivity index (χ1v) is 5.52. The van der Waals surface area contributed by atoms with Crippen molar-refractivity contribution in [3.8, 4) is 6.07 Å². The Morgan fingerprint density at radius 2 is 1.93 bits per heavy atom. The highest BCUT2D eigenvalue weighted by Gasteiger charge is 2.24. The molecule has 0 aromatic rings. The van der Waals surface area contributed by atoms with Gasteiger partial charge in [0.25, 0.3) is 0 Å². The predicted octanol–water partition coefficient (Wildman–Crippen LogP) is 2.76. The molecule has 0 N–H and O–H groups in total. The Balaban J connectivity index is 4.12. The van der Waals surface area contributed by atoms with E-state index < -0.39 is 0 Å². The lowest BCUT2D eigenvalue weighted by Crippen LogP contribution is -2.24. The quantitative estimate of drug-likeness (QED) is 0.501. The minimum atomic E-state index is -0.158. The summed E-state index contributed by atoms with van der Waals surface area (Å²) in [6.07, 6.45) is 1.13. The van der Waals surface area contributed by atoms with Gasteiger partial charge in [-0.2, -0.15) is 5.26 Å². The van der Waals surface area contributed by atoms with Crippen molar-refractivity contribution in [1.82, 2.24) is 0 Å². The Labute approximate surface area is 92.4 Å². The Morgan fingerprint density at radius 1 is 1.33 bits per heavy atom. The maximum Gasteiger partial charge on any atom is 0.309 e. The van der Waals surface area contributed by atoms with Crippen LogP contribution in [-0.2, 0) is 9.53 Å². The van der Waals surface area contributed by atoms with Gasteiger partial charge in [0.2, 0.25) is 0 Å². The van der Waals surface area contributed by atoms with Gasteiger partial charge in [-0.05, 0) is 18.3 Å². The minimum Gasteiger partial charge on any atom is -0.464 e. The summed E-state index contributed by atoms with van der Waals surface area (Å²) in [4.78, 5) is 11.7. The SMILES string of the molecule is CC(C)CC(C(=O)OCCC#N)C(C)C. The van der Waals surface area contributed by atoms with E-state index in [1.54, 1.807) is 0 Å². The first kappa shape index (κ1) is 14.0. The fraction of sp³-hybridized carbons (Fsp3) is 0.833. The van der Waals surface area contributed by atoms with Gasteiger partial charge in [-0.1, -0.05) is 27.7 Å². The summed E-state index contributed by atoms with van der Waals surface area (Å²) >= 11 is 0. The van der Waals surface area contributed by atoms with E-state index in [-0.39, 0.29) is 24.9 Å². The van der Waals surface area contributed by atoms with Crippen LogP contribution in [0.4, 0.5) is 0 Å². The number of hydrogen-bond acceptors (Lipinski definition) is 3. The first-order chi connectivity index (χ1) is 6.99. The van der Waals surface area contributed by atoms with Crippen molar-refractivity contribution in [2.75, 3.05) is 6.61 Å². The van der Waals surface area contributed by atoms with E-state index >= 15 is 0 Å². The molecule has 15 heavy (non-hydrogen) atoms. The van der Waals surface area contributed by atoms with Gasteiger partial charge in [0.05, 0.1) is 18.4 Å². The third-order valence-electron chi connectivity index (χ3n) is 2.29. The normalized spacial score (nSPS) is 12.6. The number of esters is 1. The van der Waals surface area contributed by atoms with E-state index in [1.165, 1.54) is 0 Å². The molecular formula is C12H21NO2. The maximum absolute atomic E-state index is 11.7. The fourth-order valence-corrected chi connectivity index (χ4v) is 1.45. The number of rotatable bonds is 6.